The summed E-state index contributed by atoms with van der Waals surface area (Å²) in [6.45, 7) is 0. The van der Waals surface area contributed by atoms with Crippen molar-refractivity contribution in [1.29, 1.82) is 0 Å². The molecule has 0 aromatic carbocycles. The van der Waals surface area contributed by atoms with Gasteiger partial charge in [0.2, 0.25) is 0 Å². The highest BCUT2D eigenvalue weighted by Crippen LogP contribution is 2.60. The number of rotatable bonds is 7. The number of hydrogen-bond donors (Lipinski definition) is 0. The lowest BCUT2D eigenvalue weighted by atomic mass is 9.93. The zero-order valence-electron chi connectivity index (χ0n) is 10.2. The van der Waals surface area contributed by atoms with Crippen LogP contribution in [0.3, 0.4) is 0 Å². The average molecular weight is 411 g/mol. The van der Waals surface area contributed by atoms with Crippen LogP contribution in [0.5, 0.6) is 0 Å². The van der Waals surface area contributed by atoms with Crippen molar-refractivity contribution in [2.24, 2.45) is 0 Å². The van der Waals surface area contributed by atoms with Crippen LogP contribution in [-0.2, 0) is 0 Å². The van der Waals surface area contributed by atoms with Crippen LogP contribution in [0.25, 0.3) is 0 Å². The average Bonchev–Trinajstić information content (AvgIpc) is 2.34. The fourth-order valence-electron chi connectivity index (χ4n) is 1.16. The maximum absolute atomic E-state index is 13.0. The SMILES string of the molecule is FC(F)(F)C(F)(F)C(F)(F)C(F)(F)C(F)(F)C(F)(F)CC[Si]Cl. The van der Waals surface area contributed by atoms with E-state index in [4.69, 9.17) is 11.1 Å². The first-order valence-corrected chi connectivity index (χ1v) is 7.32. The van der Waals surface area contributed by atoms with Crippen molar-refractivity contribution >= 4 is 19.9 Å². The van der Waals surface area contributed by atoms with Crippen LogP contribution >= 0.6 is 11.1 Å². The molecule has 0 aliphatic carbocycles. The van der Waals surface area contributed by atoms with Gasteiger partial charge in [-0.3, -0.25) is 0 Å². The standard InChI is InChI=1S/C8H4ClF13Si/c9-23-2-1-3(10,11)4(12,13)5(14,15)6(16,17)7(18,19)8(20,21)22/h1-2H2. The van der Waals surface area contributed by atoms with Gasteiger partial charge in [0.25, 0.3) is 0 Å². The predicted octanol–water partition coefficient (Wildman–Crippen LogP) is 5.39. The third-order valence-electron chi connectivity index (χ3n) is 2.53. The predicted molar refractivity (Wildman–Crippen MR) is 51.8 cm³/mol. The topological polar surface area (TPSA) is 0 Å². The number of alkyl halides is 13. The monoisotopic (exact) mass is 410 g/mol. The lowest BCUT2D eigenvalue weighted by molar-refractivity contribution is -0.439. The van der Waals surface area contributed by atoms with Gasteiger partial charge in [0.15, 0.2) is 8.83 Å². The molecule has 0 N–H and O–H groups in total. The molecular formula is C8H4ClF13Si. The number of halogens is 14. The summed E-state index contributed by atoms with van der Waals surface area (Å²) in [4.78, 5) is 0. The third-order valence-corrected chi connectivity index (χ3v) is 3.54. The molecule has 0 bridgehead atoms. The maximum atomic E-state index is 13.0. The largest absolute Gasteiger partial charge is 0.460 e. The van der Waals surface area contributed by atoms with Crippen molar-refractivity contribution in [2.75, 3.05) is 0 Å². The first-order valence-electron chi connectivity index (χ1n) is 5.10. The Morgan fingerprint density at radius 3 is 1.22 bits per heavy atom. The second-order valence-electron chi connectivity index (χ2n) is 4.13. The van der Waals surface area contributed by atoms with Gasteiger partial charge >= 0.3 is 35.8 Å². The Morgan fingerprint density at radius 1 is 0.565 bits per heavy atom. The molecule has 2 radical (unpaired) electrons. The van der Waals surface area contributed by atoms with Crippen LogP contribution in [0.2, 0.25) is 6.04 Å². The van der Waals surface area contributed by atoms with E-state index in [2.05, 4.69) is 0 Å². The molecule has 0 atom stereocenters. The molecule has 23 heavy (non-hydrogen) atoms. The molecule has 15 heteroatoms. The zero-order valence-corrected chi connectivity index (χ0v) is 12.0. The highest BCUT2D eigenvalue weighted by Gasteiger charge is 2.90. The minimum Gasteiger partial charge on any atom is -0.200 e. The van der Waals surface area contributed by atoms with E-state index in [1.807, 2.05) is 0 Å². The summed E-state index contributed by atoms with van der Waals surface area (Å²) < 4.78 is 163. The highest BCUT2D eigenvalue weighted by atomic mass is 35.6. The summed E-state index contributed by atoms with van der Waals surface area (Å²) in [6, 6.07) is -1.10. The van der Waals surface area contributed by atoms with Gasteiger partial charge in [0.05, 0.1) is 0 Å². The minimum absolute atomic E-state index is 1.04. The fraction of sp³-hybridized carbons (Fsp3) is 1.00. The Bertz CT molecular complexity index is 415. The zero-order chi connectivity index (χ0) is 19.1. The van der Waals surface area contributed by atoms with Gasteiger partial charge in [-0.15, -0.1) is 0 Å². The third kappa shape index (κ3) is 3.37. The van der Waals surface area contributed by atoms with Crippen molar-refractivity contribution < 1.29 is 57.1 Å². The van der Waals surface area contributed by atoms with Crippen LogP contribution < -0.4 is 0 Å². The molecule has 0 unspecified atom stereocenters. The molecule has 0 spiro atoms. The molecule has 138 valence electrons. The summed E-state index contributed by atoms with van der Waals surface area (Å²) in [5, 5.41) is 0. The van der Waals surface area contributed by atoms with E-state index in [-0.39, 0.29) is 0 Å². The molecule has 0 aromatic heterocycles. The van der Waals surface area contributed by atoms with E-state index >= 15 is 0 Å². The lowest BCUT2D eigenvalue weighted by Crippen LogP contribution is -2.70. The molecule has 0 heterocycles. The van der Waals surface area contributed by atoms with E-state index < -0.39 is 57.1 Å². The van der Waals surface area contributed by atoms with E-state index in [9.17, 15) is 57.1 Å². The minimum atomic E-state index is -7.84. The fourth-order valence-corrected chi connectivity index (χ4v) is 1.86. The lowest BCUT2D eigenvalue weighted by Gasteiger charge is -2.39. The molecule has 0 aliphatic rings. The Balaban J connectivity index is 6.03. The first kappa shape index (κ1) is 22.6. The van der Waals surface area contributed by atoms with Crippen LogP contribution in [0, 0.1) is 0 Å². The Labute approximate surface area is 126 Å². The van der Waals surface area contributed by atoms with Crippen LogP contribution in [0.15, 0.2) is 0 Å². The Kier molecular flexibility index (Phi) is 6.04. The molecule has 0 aromatic rings. The van der Waals surface area contributed by atoms with Gasteiger partial charge in [0.1, 0.15) is 0 Å². The Morgan fingerprint density at radius 2 is 0.913 bits per heavy atom. The van der Waals surface area contributed by atoms with Crippen molar-refractivity contribution in [3.05, 3.63) is 0 Å². The summed E-state index contributed by atoms with van der Waals surface area (Å²) in [6.07, 6.45) is -9.62. The Hall–Kier alpha value is -0.403. The normalized spacial score (nSPS) is 15.9. The summed E-state index contributed by atoms with van der Waals surface area (Å²) in [5.41, 5.74) is 0. The van der Waals surface area contributed by atoms with Gasteiger partial charge < -0.3 is 0 Å². The van der Waals surface area contributed by atoms with Gasteiger partial charge in [-0.2, -0.15) is 68.2 Å². The smallest absolute Gasteiger partial charge is 0.200 e. The van der Waals surface area contributed by atoms with Crippen molar-refractivity contribution in [3.8, 4) is 0 Å². The summed E-state index contributed by atoms with van der Waals surface area (Å²) in [7, 11) is -1.04. The van der Waals surface area contributed by atoms with E-state index in [1.54, 1.807) is 0 Å². The van der Waals surface area contributed by atoms with Crippen molar-refractivity contribution in [1.82, 2.24) is 0 Å². The molecule has 0 nitrogen and oxygen atoms in total. The molecule has 0 fully saturated rings. The van der Waals surface area contributed by atoms with Crippen LogP contribution in [0.4, 0.5) is 57.1 Å². The molecule has 0 saturated heterocycles. The maximum Gasteiger partial charge on any atom is 0.460 e. The summed E-state index contributed by atoms with van der Waals surface area (Å²) in [5.74, 6) is -36.4. The van der Waals surface area contributed by atoms with E-state index in [0.29, 0.717) is 0 Å². The van der Waals surface area contributed by atoms with Crippen molar-refractivity contribution in [2.45, 2.75) is 48.3 Å². The second kappa shape index (κ2) is 6.15. The molecule has 0 amide bonds. The number of hydrogen-bond acceptors (Lipinski definition) is 0. The molecule has 0 saturated carbocycles. The first-order chi connectivity index (χ1) is 9.81. The van der Waals surface area contributed by atoms with Gasteiger partial charge in [0, 0.05) is 6.42 Å². The van der Waals surface area contributed by atoms with Crippen molar-refractivity contribution in [3.63, 3.8) is 0 Å². The molecule has 0 rings (SSSR count). The molecular weight excluding hydrogens is 407 g/mol. The highest BCUT2D eigenvalue weighted by molar-refractivity contribution is 6.93. The van der Waals surface area contributed by atoms with E-state index in [0.717, 1.165) is 0 Å². The van der Waals surface area contributed by atoms with Gasteiger partial charge in [-0.1, -0.05) is 0 Å². The summed E-state index contributed by atoms with van der Waals surface area (Å²) >= 11 is 4.84. The quantitative estimate of drug-likeness (QED) is 0.300. The van der Waals surface area contributed by atoms with Crippen LogP contribution in [0.1, 0.15) is 6.42 Å². The second-order valence-corrected chi connectivity index (χ2v) is 5.70. The van der Waals surface area contributed by atoms with Gasteiger partial charge in [-0.25, -0.2) is 0 Å². The van der Waals surface area contributed by atoms with E-state index in [1.165, 1.54) is 0 Å². The van der Waals surface area contributed by atoms with Crippen LogP contribution in [-0.4, -0.2) is 44.6 Å². The van der Waals surface area contributed by atoms with Gasteiger partial charge in [-0.05, 0) is 6.04 Å². The molecule has 0 aliphatic heterocycles.